The van der Waals surface area contributed by atoms with Crippen LogP contribution in [0.25, 0.3) is 0 Å². The maximum absolute atomic E-state index is 13.6. The van der Waals surface area contributed by atoms with Crippen molar-refractivity contribution >= 4 is 0 Å². The Labute approximate surface area is 124 Å². The molecule has 1 aliphatic rings. The molecule has 0 saturated carbocycles. The van der Waals surface area contributed by atoms with Gasteiger partial charge in [0.1, 0.15) is 11.6 Å². The van der Waals surface area contributed by atoms with E-state index in [4.69, 9.17) is 0 Å². The number of hydrogen-bond acceptors (Lipinski definition) is 1. The van der Waals surface area contributed by atoms with Gasteiger partial charge in [-0.05, 0) is 85.3 Å². The summed E-state index contributed by atoms with van der Waals surface area (Å²) in [5.41, 5.74) is 4.38. The fourth-order valence-electron chi connectivity index (χ4n) is 3.24. The van der Waals surface area contributed by atoms with Crippen LogP contribution >= 0.6 is 0 Å². The van der Waals surface area contributed by atoms with Crippen LogP contribution in [0, 0.1) is 11.6 Å². The van der Waals surface area contributed by atoms with Gasteiger partial charge in [-0.1, -0.05) is 12.1 Å². The first-order valence-electron chi connectivity index (χ1n) is 7.37. The zero-order valence-corrected chi connectivity index (χ0v) is 12.1. The van der Waals surface area contributed by atoms with Crippen LogP contribution in [-0.4, -0.2) is 13.6 Å². The molecule has 21 heavy (non-hydrogen) atoms. The SMILES string of the molecule is CNCCC1Cc2cc(F)ccc2Cc2cc(F)ccc21. The van der Waals surface area contributed by atoms with Crippen molar-refractivity contribution in [1.29, 1.82) is 0 Å². The molecule has 0 radical (unpaired) electrons. The van der Waals surface area contributed by atoms with Crippen LogP contribution < -0.4 is 5.32 Å². The van der Waals surface area contributed by atoms with Gasteiger partial charge in [0.2, 0.25) is 0 Å². The van der Waals surface area contributed by atoms with E-state index in [0.717, 1.165) is 36.1 Å². The van der Waals surface area contributed by atoms with Crippen molar-refractivity contribution in [2.24, 2.45) is 0 Å². The summed E-state index contributed by atoms with van der Waals surface area (Å²) in [6, 6.07) is 10.0. The van der Waals surface area contributed by atoms with E-state index in [1.54, 1.807) is 12.1 Å². The quantitative estimate of drug-likeness (QED) is 0.905. The highest BCUT2D eigenvalue weighted by atomic mass is 19.1. The zero-order valence-electron chi connectivity index (χ0n) is 12.1. The summed E-state index contributed by atoms with van der Waals surface area (Å²) < 4.78 is 27.1. The van der Waals surface area contributed by atoms with Crippen molar-refractivity contribution < 1.29 is 8.78 Å². The van der Waals surface area contributed by atoms with Gasteiger partial charge < -0.3 is 5.32 Å². The summed E-state index contributed by atoms with van der Waals surface area (Å²) in [6.07, 6.45) is 2.46. The maximum atomic E-state index is 13.6. The van der Waals surface area contributed by atoms with E-state index in [9.17, 15) is 8.78 Å². The van der Waals surface area contributed by atoms with Crippen molar-refractivity contribution in [3.05, 3.63) is 70.3 Å². The average Bonchev–Trinajstić information content (AvgIpc) is 2.60. The lowest BCUT2D eigenvalue weighted by molar-refractivity contribution is 0.583. The van der Waals surface area contributed by atoms with Gasteiger partial charge in [-0.15, -0.1) is 0 Å². The molecule has 0 saturated heterocycles. The standard InChI is InChI=1S/C18H19F2N/c1-21-7-6-13-9-14-10-16(19)3-2-12(14)8-15-11-17(20)4-5-18(13)15/h2-5,10-11,13,21H,6-9H2,1H3. The molecule has 1 atom stereocenters. The number of rotatable bonds is 3. The highest BCUT2D eigenvalue weighted by Gasteiger charge is 2.22. The third-order valence-electron chi connectivity index (χ3n) is 4.30. The molecular weight excluding hydrogens is 268 g/mol. The van der Waals surface area contributed by atoms with Gasteiger partial charge in [-0.2, -0.15) is 0 Å². The van der Waals surface area contributed by atoms with E-state index < -0.39 is 0 Å². The number of hydrogen-bond donors (Lipinski definition) is 1. The summed E-state index contributed by atoms with van der Waals surface area (Å²) in [5.74, 6) is -0.0963. The Morgan fingerprint density at radius 1 is 1.00 bits per heavy atom. The summed E-state index contributed by atoms with van der Waals surface area (Å²) >= 11 is 0. The first-order chi connectivity index (χ1) is 10.2. The number of halogens is 2. The Morgan fingerprint density at radius 2 is 1.71 bits per heavy atom. The molecule has 1 nitrogen and oxygen atoms in total. The molecule has 0 heterocycles. The summed E-state index contributed by atoms with van der Waals surface area (Å²) in [7, 11) is 1.93. The first-order valence-corrected chi connectivity index (χ1v) is 7.37. The molecule has 0 aliphatic heterocycles. The smallest absolute Gasteiger partial charge is 0.123 e. The lowest BCUT2D eigenvalue weighted by Gasteiger charge is -2.18. The summed E-state index contributed by atoms with van der Waals surface area (Å²) in [5, 5.41) is 3.16. The molecule has 0 spiro atoms. The van der Waals surface area contributed by atoms with Crippen LogP contribution in [0.15, 0.2) is 36.4 Å². The lowest BCUT2D eigenvalue weighted by Crippen LogP contribution is -2.14. The topological polar surface area (TPSA) is 12.0 Å². The second-order valence-corrected chi connectivity index (χ2v) is 5.73. The Bertz CT molecular complexity index is 652. The predicted molar refractivity (Wildman–Crippen MR) is 80.6 cm³/mol. The fourth-order valence-corrected chi connectivity index (χ4v) is 3.24. The maximum Gasteiger partial charge on any atom is 0.123 e. The van der Waals surface area contributed by atoms with Crippen molar-refractivity contribution in [2.45, 2.75) is 25.2 Å². The molecule has 2 aromatic rings. The van der Waals surface area contributed by atoms with E-state index in [-0.39, 0.29) is 11.6 Å². The molecule has 0 fully saturated rings. The van der Waals surface area contributed by atoms with E-state index in [2.05, 4.69) is 5.32 Å². The van der Waals surface area contributed by atoms with E-state index in [0.29, 0.717) is 12.3 Å². The Kier molecular flexibility index (Phi) is 4.02. The number of nitrogens with one attached hydrogen (secondary N) is 1. The second kappa shape index (κ2) is 5.94. The molecule has 1 aliphatic carbocycles. The normalized spacial score (nSPS) is 17.0. The minimum Gasteiger partial charge on any atom is -0.320 e. The molecular formula is C18H19F2N. The van der Waals surface area contributed by atoms with E-state index in [1.807, 2.05) is 19.2 Å². The molecule has 1 N–H and O–H groups in total. The van der Waals surface area contributed by atoms with Gasteiger partial charge in [0.05, 0.1) is 0 Å². The predicted octanol–water partition coefficient (Wildman–Crippen LogP) is 3.80. The van der Waals surface area contributed by atoms with Gasteiger partial charge in [-0.3, -0.25) is 0 Å². The summed E-state index contributed by atoms with van der Waals surface area (Å²) in [4.78, 5) is 0. The monoisotopic (exact) mass is 287 g/mol. The third kappa shape index (κ3) is 2.98. The minimum atomic E-state index is -0.202. The average molecular weight is 287 g/mol. The molecule has 2 aromatic carbocycles. The highest BCUT2D eigenvalue weighted by Crippen LogP contribution is 2.34. The van der Waals surface area contributed by atoms with Crippen molar-refractivity contribution in [3.8, 4) is 0 Å². The van der Waals surface area contributed by atoms with E-state index in [1.165, 1.54) is 17.7 Å². The van der Waals surface area contributed by atoms with Gasteiger partial charge in [0.15, 0.2) is 0 Å². The van der Waals surface area contributed by atoms with E-state index >= 15 is 0 Å². The van der Waals surface area contributed by atoms with Gasteiger partial charge >= 0.3 is 0 Å². The Morgan fingerprint density at radius 3 is 2.48 bits per heavy atom. The van der Waals surface area contributed by atoms with Crippen molar-refractivity contribution in [3.63, 3.8) is 0 Å². The molecule has 110 valence electrons. The zero-order chi connectivity index (χ0) is 14.8. The third-order valence-corrected chi connectivity index (χ3v) is 4.30. The molecule has 0 amide bonds. The van der Waals surface area contributed by atoms with Crippen LogP contribution in [0.1, 0.15) is 34.6 Å². The van der Waals surface area contributed by atoms with Crippen LogP contribution in [0.4, 0.5) is 8.78 Å². The first kappa shape index (κ1) is 14.2. The molecule has 3 rings (SSSR count). The largest absolute Gasteiger partial charge is 0.320 e. The van der Waals surface area contributed by atoms with Gasteiger partial charge in [-0.25, -0.2) is 8.78 Å². The van der Waals surface area contributed by atoms with Crippen LogP contribution in [0.3, 0.4) is 0 Å². The molecule has 0 aromatic heterocycles. The van der Waals surface area contributed by atoms with Gasteiger partial charge in [0, 0.05) is 0 Å². The number of fused-ring (bicyclic) bond motifs is 2. The summed E-state index contributed by atoms with van der Waals surface area (Å²) in [6.45, 7) is 0.895. The van der Waals surface area contributed by atoms with Crippen LogP contribution in [-0.2, 0) is 12.8 Å². The minimum absolute atomic E-state index is 0.196. The lowest BCUT2D eigenvalue weighted by atomic mass is 9.88. The molecule has 1 unspecified atom stereocenters. The Hall–Kier alpha value is -1.74. The van der Waals surface area contributed by atoms with Crippen LogP contribution in [0.5, 0.6) is 0 Å². The highest BCUT2D eigenvalue weighted by molar-refractivity contribution is 5.43. The fraction of sp³-hybridized carbons (Fsp3) is 0.333. The Balaban J connectivity index is 2.05. The van der Waals surface area contributed by atoms with Gasteiger partial charge in [0.25, 0.3) is 0 Å². The number of benzene rings is 2. The molecule has 3 heteroatoms. The van der Waals surface area contributed by atoms with Crippen molar-refractivity contribution in [2.75, 3.05) is 13.6 Å². The second-order valence-electron chi connectivity index (χ2n) is 5.73. The van der Waals surface area contributed by atoms with Crippen molar-refractivity contribution in [1.82, 2.24) is 5.32 Å². The van der Waals surface area contributed by atoms with Crippen LogP contribution in [0.2, 0.25) is 0 Å². The molecule has 0 bridgehead atoms.